The maximum Gasteiger partial charge on any atom is 0.307 e. The minimum absolute atomic E-state index is 0.0807. The van der Waals surface area contributed by atoms with Crippen LogP contribution in [0.2, 0.25) is 0 Å². The first kappa shape index (κ1) is 13.4. The zero-order valence-electron chi connectivity index (χ0n) is 11.3. The van der Waals surface area contributed by atoms with Crippen LogP contribution in [-0.2, 0) is 11.2 Å². The van der Waals surface area contributed by atoms with E-state index < -0.39 is 5.97 Å². The molecule has 1 N–H and O–H groups in total. The normalized spacial score (nSPS) is 19.7. The highest BCUT2D eigenvalue weighted by Crippen LogP contribution is 2.31. The van der Waals surface area contributed by atoms with Crippen molar-refractivity contribution < 1.29 is 19.4 Å². The topological polar surface area (TPSA) is 63.6 Å². The van der Waals surface area contributed by atoms with E-state index in [0.717, 1.165) is 0 Å². The number of carboxylic acid groups (broad SMARTS) is 1. The number of hydrogen-bond donors (Lipinski definition) is 1. The van der Waals surface area contributed by atoms with Gasteiger partial charge in [0, 0.05) is 11.5 Å². The summed E-state index contributed by atoms with van der Waals surface area (Å²) in [4.78, 5) is 23.5. The monoisotopic (exact) mass is 282 g/mol. The molecule has 1 atom stereocenters. The lowest BCUT2D eigenvalue weighted by Gasteiger charge is -2.10. The number of allylic oxidation sites excluding steroid dienone is 4. The number of benzene rings is 1. The maximum absolute atomic E-state index is 12.7. The standard InChI is InChI=1S/C17H14O4/c18-16(19)9-11-6-7-15-14(8-11)17(20)13-5-3-1-2-4-12(13)10-21-15/h1-8,12H,9-10H2,(H,18,19). The van der Waals surface area contributed by atoms with Crippen molar-refractivity contribution >= 4 is 11.8 Å². The molecule has 0 radical (unpaired) electrons. The summed E-state index contributed by atoms with van der Waals surface area (Å²) < 4.78 is 5.72. The molecule has 0 saturated carbocycles. The van der Waals surface area contributed by atoms with Gasteiger partial charge in [0.15, 0.2) is 5.78 Å². The van der Waals surface area contributed by atoms with E-state index in [1.54, 1.807) is 24.3 Å². The average Bonchev–Trinajstić information content (AvgIpc) is 2.75. The van der Waals surface area contributed by atoms with Gasteiger partial charge in [-0.2, -0.15) is 0 Å². The maximum atomic E-state index is 12.7. The van der Waals surface area contributed by atoms with Crippen LogP contribution in [0.1, 0.15) is 15.9 Å². The number of carboxylic acids is 1. The van der Waals surface area contributed by atoms with Crippen molar-refractivity contribution in [3.8, 4) is 5.75 Å². The van der Waals surface area contributed by atoms with Crippen molar-refractivity contribution in [1.29, 1.82) is 0 Å². The molecule has 0 spiro atoms. The van der Waals surface area contributed by atoms with Crippen LogP contribution in [-0.4, -0.2) is 23.5 Å². The molecule has 3 rings (SSSR count). The molecule has 1 unspecified atom stereocenters. The van der Waals surface area contributed by atoms with Crippen molar-refractivity contribution in [1.82, 2.24) is 0 Å². The lowest BCUT2D eigenvalue weighted by Crippen LogP contribution is -2.13. The summed E-state index contributed by atoms with van der Waals surface area (Å²) in [6.07, 6.45) is 9.23. The summed E-state index contributed by atoms with van der Waals surface area (Å²) in [6, 6.07) is 4.98. The highest BCUT2D eigenvalue weighted by Gasteiger charge is 2.27. The molecule has 2 aliphatic rings. The van der Waals surface area contributed by atoms with Crippen LogP contribution in [0.15, 0.2) is 54.2 Å². The first-order valence-electron chi connectivity index (χ1n) is 6.72. The third-order valence-electron chi connectivity index (χ3n) is 3.57. The molecule has 0 bridgehead atoms. The summed E-state index contributed by atoms with van der Waals surface area (Å²) in [5.41, 5.74) is 1.70. The van der Waals surface area contributed by atoms with Crippen LogP contribution in [0.3, 0.4) is 0 Å². The fourth-order valence-corrected chi connectivity index (χ4v) is 2.54. The molecule has 1 aliphatic carbocycles. The third kappa shape index (κ3) is 2.65. The molecule has 0 fully saturated rings. The minimum Gasteiger partial charge on any atom is -0.492 e. The number of fused-ring (bicyclic) bond motifs is 2. The summed E-state index contributed by atoms with van der Waals surface area (Å²) in [6.45, 7) is 0.404. The van der Waals surface area contributed by atoms with E-state index in [0.29, 0.717) is 29.1 Å². The zero-order chi connectivity index (χ0) is 14.8. The average molecular weight is 282 g/mol. The molecule has 1 aromatic rings. The quantitative estimate of drug-likeness (QED) is 0.905. The van der Waals surface area contributed by atoms with Gasteiger partial charge in [-0.15, -0.1) is 0 Å². The second-order valence-electron chi connectivity index (χ2n) is 5.04. The Balaban J connectivity index is 2.04. The van der Waals surface area contributed by atoms with Crippen molar-refractivity contribution in [2.75, 3.05) is 6.61 Å². The smallest absolute Gasteiger partial charge is 0.307 e. The largest absolute Gasteiger partial charge is 0.492 e. The minimum atomic E-state index is -0.922. The zero-order valence-corrected chi connectivity index (χ0v) is 11.3. The van der Waals surface area contributed by atoms with Gasteiger partial charge >= 0.3 is 5.97 Å². The van der Waals surface area contributed by atoms with Crippen LogP contribution in [0.4, 0.5) is 0 Å². The van der Waals surface area contributed by atoms with E-state index >= 15 is 0 Å². The Morgan fingerprint density at radius 1 is 1.29 bits per heavy atom. The van der Waals surface area contributed by atoms with Crippen molar-refractivity contribution in [3.63, 3.8) is 0 Å². The second-order valence-corrected chi connectivity index (χ2v) is 5.04. The van der Waals surface area contributed by atoms with Gasteiger partial charge in [0.25, 0.3) is 0 Å². The summed E-state index contributed by atoms with van der Waals surface area (Å²) in [7, 11) is 0. The lowest BCUT2D eigenvalue weighted by molar-refractivity contribution is -0.136. The van der Waals surface area contributed by atoms with E-state index in [1.165, 1.54) is 0 Å². The van der Waals surface area contributed by atoms with Crippen LogP contribution in [0, 0.1) is 5.92 Å². The molecule has 21 heavy (non-hydrogen) atoms. The fraction of sp³-hybridized carbons (Fsp3) is 0.176. The Kier molecular flexibility index (Phi) is 3.44. The molecular formula is C17H14O4. The highest BCUT2D eigenvalue weighted by molar-refractivity contribution is 6.11. The van der Waals surface area contributed by atoms with E-state index in [9.17, 15) is 9.59 Å². The first-order valence-corrected chi connectivity index (χ1v) is 6.72. The Morgan fingerprint density at radius 3 is 2.95 bits per heavy atom. The lowest BCUT2D eigenvalue weighted by atomic mass is 9.92. The van der Waals surface area contributed by atoms with Crippen LogP contribution < -0.4 is 4.74 Å². The van der Waals surface area contributed by atoms with Crippen molar-refractivity contribution in [2.24, 2.45) is 5.92 Å². The summed E-state index contributed by atoms with van der Waals surface area (Å²) in [5, 5.41) is 8.87. The van der Waals surface area contributed by atoms with E-state index in [-0.39, 0.29) is 18.1 Å². The van der Waals surface area contributed by atoms with Gasteiger partial charge in [-0.25, -0.2) is 0 Å². The second kappa shape index (κ2) is 5.40. The molecule has 0 saturated heterocycles. The molecule has 1 aliphatic heterocycles. The summed E-state index contributed by atoms with van der Waals surface area (Å²) in [5.74, 6) is -0.589. The van der Waals surface area contributed by atoms with Gasteiger partial charge < -0.3 is 9.84 Å². The Bertz CT molecular complexity index is 695. The number of carbonyl (C=O) groups excluding carboxylic acids is 1. The molecule has 106 valence electrons. The Labute approximate surface area is 122 Å². The summed E-state index contributed by atoms with van der Waals surface area (Å²) >= 11 is 0. The molecular weight excluding hydrogens is 268 g/mol. The number of ether oxygens (including phenoxy) is 1. The number of ketones is 1. The number of aliphatic carboxylic acids is 1. The molecule has 4 nitrogen and oxygen atoms in total. The first-order chi connectivity index (χ1) is 10.1. The number of Topliss-reactive ketones (excluding diaryl/α,β-unsaturated/α-hetero) is 1. The Morgan fingerprint density at radius 2 is 2.14 bits per heavy atom. The highest BCUT2D eigenvalue weighted by atomic mass is 16.5. The third-order valence-corrected chi connectivity index (χ3v) is 3.57. The van der Waals surface area contributed by atoms with Gasteiger partial charge in [0.05, 0.1) is 18.6 Å². The van der Waals surface area contributed by atoms with Crippen molar-refractivity contribution in [2.45, 2.75) is 6.42 Å². The molecule has 1 aromatic carbocycles. The van der Waals surface area contributed by atoms with Crippen LogP contribution >= 0.6 is 0 Å². The van der Waals surface area contributed by atoms with E-state index in [4.69, 9.17) is 9.84 Å². The van der Waals surface area contributed by atoms with E-state index in [1.807, 2.05) is 24.3 Å². The van der Waals surface area contributed by atoms with Gasteiger partial charge in [-0.1, -0.05) is 36.4 Å². The van der Waals surface area contributed by atoms with Gasteiger partial charge in [-0.3, -0.25) is 9.59 Å². The van der Waals surface area contributed by atoms with Gasteiger partial charge in [0.1, 0.15) is 5.75 Å². The molecule has 4 heteroatoms. The molecule has 1 heterocycles. The van der Waals surface area contributed by atoms with Crippen LogP contribution in [0.5, 0.6) is 5.75 Å². The van der Waals surface area contributed by atoms with Crippen molar-refractivity contribution in [3.05, 3.63) is 65.3 Å². The number of carbonyl (C=O) groups is 2. The predicted octanol–water partition coefficient (Wildman–Crippen LogP) is 2.56. The Hall–Kier alpha value is -2.62. The van der Waals surface area contributed by atoms with E-state index in [2.05, 4.69) is 0 Å². The molecule has 0 aromatic heterocycles. The number of hydrogen-bond acceptors (Lipinski definition) is 3. The predicted molar refractivity (Wildman–Crippen MR) is 77.5 cm³/mol. The molecule has 0 amide bonds. The SMILES string of the molecule is O=C(O)Cc1ccc2c(c1)C(=O)C1=CC=CC=CC1CO2. The number of rotatable bonds is 2. The van der Waals surface area contributed by atoms with Gasteiger partial charge in [0.2, 0.25) is 0 Å². The van der Waals surface area contributed by atoms with Gasteiger partial charge in [-0.05, 0) is 17.7 Å². The fourth-order valence-electron chi connectivity index (χ4n) is 2.54. The van der Waals surface area contributed by atoms with Crippen LogP contribution in [0.25, 0.3) is 0 Å².